The van der Waals surface area contributed by atoms with Crippen LogP contribution in [0.5, 0.6) is 0 Å². The van der Waals surface area contributed by atoms with E-state index >= 15 is 0 Å². The van der Waals surface area contributed by atoms with Crippen molar-refractivity contribution in [2.45, 2.75) is 13.0 Å². The van der Waals surface area contributed by atoms with Crippen molar-refractivity contribution in [2.24, 2.45) is 0 Å². The monoisotopic (exact) mass is 375 g/mol. The van der Waals surface area contributed by atoms with Crippen LogP contribution in [0.25, 0.3) is 10.8 Å². The molecule has 0 radical (unpaired) electrons. The van der Waals surface area contributed by atoms with E-state index in [9.17, 15) is 22.8 Å². The largest absolute Gasteiger partial charge is 0.328 e. The predicted molar refractivity (Wildman–Crippen MR) is 96.1 cm³/mol. The lowest BCUT2D eigenvalue weighted by Gasteiger charge is -2.26. The first-order chi connectivity index (χ1) is 12.8. The van der Waals surface area contributed by atoms with Gasteiger partial charge in [-0.25, -0.2) is 18.0 Å². The number of anilines is 1. The van der Waals surface area contributed by atoms with Gasteiger partial charge in [-0.15, -0.1) is 0 Å². The molecule has 1 atom stereocenters. The second-order valence-corrected chi connectivity index (χ2v) is 6.08. The Bertz CT molecular complexity index is 1060. The molecule has 0 aliphatic carbocycles. The van der Waals surface area contributed by atoms with Crippen LogP contribution < -0.4 is 10.9 Å². The molecule has 0 saturated heterocycles. The number of benzene rings is 2. The highest BCUT2D eigenvalue weighted by Gasteiger charge is 2.22. The van der Waals surface area contributed by atoms with Gasteiger partial charge in [0.05, 0.1) is 11.4 Å². The molecule has 2 N–H and O–H groups in total. The summed E-state index contributed by atoms with van der Waals surface area (Å²) < 4.78 is 40.5. The maximum Gasteiger partial charge on any atom is 0.322 e. The van der Waals surface area contributed by atoms with Gasteiger partial charge in [0.1, 0.15) is 5.82 Å². The average Bonchev–Trinajstić information content (AvgIpc) is 2.65. The fourth-order valence-corrected chi connectivity index (χ4v) is 2.78. The number of carbonyl (C=O) groups excluding carboxylic acids is 1. The molecular weight excluding hydrogens is 359 g/mol. The van der Waals surface area contributed by atoms with Crippen molar-refractivity contribution in [3.63, 3.8) is 0 Å². The summed E-state index contributed by atoms with van der Waals surface area (Å²) in [7, 11) is 1.51. The minimum atomic E-state index is -1.23. The summed E-state index contributed by atoms with van der Waals surface area (Å²) in [5.41, 5.74) is 0.0940. The average molecular weight is 375 g/mol. The van der Waals surface area contributed by atoms with Gasteiger partial charge < -0.3 is 15.2 Å². The van der Waals surface area contributed by atoms with Crippen LogP contribution >= 0.6 is 0 Å². The topological polar surface area (TPSA) is 65.2 Å². The molecule has 3 rings (SSSR count). The van der Waals surface area contributed by atoms with Gasteiger partial charge in [-0.3, -0.25) is 4.79 Å². The minimum Gasteiger partial charge on any atom is -0.328 e. The Balaban J connectivity index is 1.93. The summed E-state index contributed by atoms with van der Waals surface area (Å²) in [4.78, 5) is 28.1. The summed E-state index contributed by atoms with van der Waals surface area (Å²) >= 11 is 0. The Labute approximate surface area is 152 Å². The van der Waals surface area contributed by atoms with E-state index in [1.165, 1.54) is 48.5 Å². The number of nitrogens with zero attached hydrogens (tertiary/aromatic N) is 1. The second-order valence-electron chi connectivity index (χ2n) is 6.08. The number of hydrogen-bond donors (Lipinski definition) is 2. The molecule has 0 saturated carbocycles. The van der Waals surface area contributed by atoms with Crippen molar-refractivity contribution >= 4 is 22.5 Å². The van der Waals surface area contributed by atoms with E-state index in [0.717, 1.165) is 6.07 Å². The molecule has 2 amide bonds. The second kappa shape index (κ2) is 7.14. The van der Waals surface area contributed by atoms with Crippen LogP contribution in [0.3, 0.4) is 0 Å². The van der Waals surface area contributed by atoms with Crippen molar-refractivity contribution in [2.75, 3.05) is 12.4 Å². The number of nitrogens with one attached hydrogen (secondary N) is 2. The standard InChI is InChI=1S/C19H16F3N3O2/c1-10(25(2)19(27)24-12-5-3-11(20)4-6-12)14-9-23-18(26)16-13(14)7-8-15(21)17(16)22/h3-10H,1-2H3,(H,23,26)(H,24,27). The number of aromatic nitrogens is 1. The first-order valence-electron chi connectivity index (χ1n) is 8.08. The van der Waals surface area contributed by atoms with Crippen LogP contribution in [0.1, 0.15) is 18.5 Å². The number of amides is 2. The van der Waals surface area contributed by atoms with Crippen LogP contribution in [0, 0.1) is 17.5 Å². The highest BCUT2D eigenvalue weighted by molar-refractivity contribution is 5.90. The summed E-state index contributed by atoms with van der Waals surface area (Å²) in [6.45, 7) is 1.68. The summed E-state index contributed by atoms with van der Waals surface area (Å²) in [6.07, 6.45) is 1.37. The Kier molecular flexibility index (Phi) is 4.89. The van der Waals surface area contributed by atoms with E-state index in [1.807, 2.05) is 0 Å². The number of carbonyl (C=O) groups is 1. The molecule has 1 heterocycles. The molecule has 0 spiro atoms. The summed E-state index contributed by atoms with van der Waals surface area (Å²) in [5.74, 6) is -2.79. The fourth-order valence-electron chi connectivity index (χ4n) is 2.78. The van der Waals surface area contributed by atoms with Crippen molar-refractivity contribution in [1.82, 2.24) is 9.88 Å². The number of halogens is 3. The normalized spacial score (nSPS) is 12.0. The van der Waals surface area contributed by atoms with Crippen molar-refractivity contribution < 1.29 is 18.0 Å². The molecule has 0 fully saturated rings. The zero-order valence-electron chi connectivity index (χ0n) is 14.5. The lowest BCUT2D eigenvalue weighted by Crippen LogP contribution is -2.34. The number of urea groups is 1. The van der Waals surface area contributed by atoms with E-state index in [-0.39, 0.29) is 5.39 Å². The molecule has 8 heteroatoms. The number of H-pyrrole nitrogens is 1. The lowest BCUT2D eigenvalue weighted by atomic mass is 10.0. The number of fused-ring (bicyclic) bond motifs is 1. The predicted octanol–water partition coefficient (Wildman–Crippen LogP) is 4.17. The van der Waals surface area contributed by atoms with Crippen LogP contribution in [-0.2, 0) is 0 Å². The van der Waals surface area contributed by atoms with Gasteiger partial charge >= 0.3 is 6.03 Å². The van der Waals surface area contributed by atoms with Gasteiger partial charge in [0.25, 0.3) is 5.56 Å². The Morgan fingerprint density at radius 1 is 1.11 bits per heavy atom. The number of aromatic amines is 1. The molecule has 3 aromatic rings. The molecule has 5 nitrogen and oxygen atoms in total. The molecule has 1 unspecified atom stereocenters. The summed E-state index contributed by atoms with van der Waals surface area (Å²) in [5, 5.41) is 2.43. The van der Waals surface area contributed by atoms with Crippen LogP contribution in [0.4, 0.5) is 23.7 Å². The van der Waals surface area contributed by atoms with E-state index in [4.69, 9.17) is 0 Å². The zero-order valence-corrected chi connectivity index (χ0v) is 14.5. The quantitative estimate of drug-likeness (QED) is 0.722. The van der Waals surface area contributed by atoms with Crippen LogP contribution in [-0.4, -0.2) is 23.0 Å². The van der Waals surface area contributed by atoms with Gasteiger partial charge in [-0.05, 0) is 48.2 Å². The van der Waals surface area contributed by atoms with E-state index in [2.05, 4.69) is 10.3 Å². The van der Waals surface area contributed by atoms with Crippen LogP contribution in [0.15, 0.2) is 47.4 Å². The molecule has 1 aromatic heterocycles. The van der Waals surface area contributed by atoms with Gasteiger partial charge in [-0.1, -0.05) is 6.07 Å². The SMILES string of the molecule is CC(c1c[nH]c(=O)c2c(F)c(F)ccc12)N(C)C(=O)Nc1ccc(F)cc1. The van der Waals surface area contributed by atoms with Crippen LogP contribution in [0.2, 0.25) is 0 Å². The third kappa shape index (κ3) is 3.51. The Morgan fingerprint density at radius 2 is 1.78 bits per heavy atom. The highest BCUT2D eigenvalue weighted by atomic mass is 19.2. The number of pyridine rings is 1. The Morgan fingerprint density at radius 3 is 2.44 bits per heavy atom. The lowest BCUT2D eigenvalue weighted by molar-refractivity contribution is 0.208. The Hall–Kier alpha value is -3.29. The highest BCUT2D eigenvalue weighted by Crippen LogP contribution is 2.27. The molecule has 0 bridgehead atoms. The first-order valence-corrected chi connectivity index (χ1v) is 8.08. The van der Waals surface area contributed by atoms with Crippen molar-refractivity contribution in [1.29, 1.82) is 0 Å². The van der Waals surface area contributed by atoms with E-state index in [0.29, 0.717) is 11.3 Å². The van der Waals surface area contributed by atoms with Gasteiger partial charge in [-0.2, -0.15) is 0 Å². The van der Waals surface area contributed by atoms with Gasteiger partial charge in [0, 0.05) is 18.9 Å². The fraction of sp³-hybridized carbons (Fsp3) is 0.158. The molecule has 0 aliphatic rings. The number of hydrogen-bond acceptors (Lipinski definition) is 2. The molecule has 140 valence electrons. The third-order valence-corrected chi connectivity index (χ3v) is 4.44. The maximum atomic E-state index is 14.1. The van der Waals surface area contributed by atoms with E-state index in [1.54, 1.807) is 6.92 Å². The molecule has 0 aliphatic heterocycles. The van der Waals surface area contributed by atoms with Gasteiger partial charge in [0.15, 0.2) is 11.6 Å². The summed E-state index contributed by atoms with van der Waals surface area (Å²) in [6, 6.07) is 6.44. The van der Waals surface area contributed by atoms with Crippen molar-refractivity contribution in [3.05, 3.63) is 76.0 Å². The zero-order chi connectivity index (χ0) is 19.7. The first kappa shape index (κ1) is 18.5. The third-order valence-electron chi connectivity index (χ3n) is 4.44. The van der Waals surface area contributed by atoms with Crippen molar-refractivity contribution in [3.8, 4) is 0 Å². The van der Waals surface area contributed by atoms with Gasteiger partial charge in [0.2, 0.25) is 0 Å². The molecule has 2 aromatic carbocycles. The number of rotatable bonds is 3. The smallest absolute Gasteiger partial charge is 0.322 e. The molecule has 27 heavy (non-hydrogen) atoms. The molecular formula is C19H16F3N3O2. The van der Waals surface area contributed by atoms with E-state index < -0.39 is 40.5 Å². The maximum absolute atomic E-state index is 14.1. The minimum absolute atomic E-state index is 0.214.